The van der Waals surface area contributed by atoms with Crippen molar-refractivity contribution in [2.75, 3.05) is 12.4 Å². The van der Waals surface area contributed by atoms with Crippen molar-refractivity contribution in [3.8, 4) is 5.75 Å². The summed E-state index contributed by atoms with van der Waals surface area (Å²) in [6.45, 7) is 0.645. The number of thiazole rings is 1. The second-order valence-electron chi connectivity index (χ2n) is 4.27. The predicted octanol–water partition coefficient (Wildman–Crippen LogP) is 4.57. The topological polar surface area (TPSA) is 34.1 Å². The Balaban J connectivity index is 1.79. The molecule has 1 heterocycles. The fourth-order valence-corrected chi connectivity index (χ4v) is 3.02. The second kappa shape index (κ2) is 5.69. The van der Waals surface area contributed by atoms with Gasteiger partial charge in [0.2, 0.25) is 0 Å². The van der Waals surface area contributed by atoms with Gasteiger partial charge in [-0.1, -0.05) is 23.7 Å². The maximum atomic E-state index is 6.16. The molecule has 5 heteroatoms. The Hall–Kier alpha value is -1.78. The van der Waals surface area contributed by atoms with E-state index in [1.54, 1.807) is 18.4 Å². The number of hydrogen-bond donors (Lipinski definition) is 1. The summed E-state index contributed by atoms with van der Waals surface area (Å²) in [5, 5.41) is 5.01. The predicted molar refractivity (Wildman–Crippen MR) is 85.0 cm³/mol. The molecule has 0 aliphatic rings. The summed E-state index contributed by atoms with van der Waals surface area (Å²) in [4.78, 5) is 4.58. The highest BCUT2D eigenvalue weighted by Gasteiger charge is 2.05. The van der Waals surface area contributed by atoms with E-state index in [0.717, 1.165) is 22.0 Å². The maximum Gasteiger partial charge on any atom is 0.121 e. The van der Waals surface area contributed by atoms with Crippen LogP contribution in [0.3, 0.4) is 0 Å². The molecular weight excluding hydrogens is 292 g/mol. The molecular formula is C15H13ClN2OS. The number of halogens is 1. The smallest absolute Gasteiger partial charge is 0.121 e. The third-order valence-electron chi connectivity index (χ3n) is 2.94. The van der Waals surface area contributed by atoms with Crippen molar-refractivity contribution in [2.24, 2.45) is 0 Å². The minimum absolute atomic E-state index is 0.645. The third-order valence-corrected chi connectivity index (χ3v) is 4.31. The molecule has 0 aliphatic heterocycles. The second-order valence-corrected chi connectivity index (χ2v) is 5.80. The van der Waals surface area contributed by atoms with Crippen LogP contribution in [0, 0.1) is 0 Å². The molecule has 3 rings (SSSR count). The first-order valence-corrected chi connectivity index (χ1v) is 7.37. The van der Waals surface area contributed by atoms with Crippen LogP contribution in [-0.4, -0.2) is 12.1 Å². The zero-order valence-electron chi connectivity index (χ0n) is 10.9. The van der Waals surface area contributed by atoms with Crippen LogP contribution in [0.5, 0.6) is 5.75 Å². The van der Waals surface area contributed by atoms with E-state index in [9.17, 15) is 0 Å². The molecule has 3 aromatic rings. The van der Waals surface area contributed by atoms with E-state index in [1.807, 2.05) is 36.4 Å². The lowest BCUT2D eigenvalue weighted by molar-refractivity contribution is 0.415. The number of ether oxygens (including phenoxy) is 1. The SMILES string of the molecule is COc1ccc(Cl)c(NCc2nc3ccccc3s2)c1. The van der Waals surface area contributed by atoms with Crippen molar-refractivity contribution in [3.05, 3.63) is 52.5 Å². The maximum absolute atomic E-state index is 6.16. The van der Waals surface area contributed by atoms with Crippen molar-refractivity contribution in [1.82, 2.24) is 4.98 Å². The van der Waals surface area contributed by atoms with Gasteiger partial charge in [-0.05, 0) is 24.3 Å². The average molecular weight is 305 g/mol. The molecule has 0 saturated heterocycles. The highest BCUT2D eigenvalue weighted by Crippen LogP contribution is 2.28. The van der Waals surface area contributed by atoms with Gasteiger partial charge in [-0.2, -0.15) is 0 Å². The number of rotatable bonds is 4. The highest BCUT2D eigenvalue weighted by molar-refractivity contribution is 7.18. The van der Waals surface area contributed by atoms with Crippen molar-refractivity contribution in [2.45, 2.75) is 6.54 Å². The molecule has 0 radical (unpaired) electrons. The number of fused-ring (bicyclic) bond motifs is 1. The van der Waals surface area contributed by atoms with E-state index >= 15 is 0 Å². The Morgan fingerprint density at radius 2 is 2.10 bits per heavy atom. The van der Waals surface area contributed by atoms with E-state index < -0.39 is 0 Å². The van der Waals surface area contributed by atoms with Gasteiger partial charge >= 0.3 is 0 Å². The van der Waals surface area contributed by atoms with Gasteiger partial charge in [-0.3, -0.25) is 0 Å². The van der Waals surface area contributed by atoms with Gasteiger partial charge in [0, 0.05) is 6.07 Å². The Labute approximate surface area is 126 Å². The first kappa shape index (κ1) is 13.2. The molecule has 0 bridgehead atoms. The largest absolute Gasteiger partial charge is 0.497 e. The highest BCUT2D eigenvalue weighted by atomic mass is 35.5. The van der Waals surface area contributed by atoms with Crippen LogP contribution in [0.1, 0.15) is 5.01 Å². The first-order valence-electron chi connectivity index (χ1n) is 6.18. The number of methoxy groups -OCH3 is 1. The normalized spacial score (nSPS) is 10.7. The van der Waals surface area contributed by atoms with Crippen LogP contribution in [0.15, 0.2) is 42.5 Å². The molecule has 0 fully saturated rings. The van der Waals surface area contributed by atoms with Gasteiger partial charge < -0.3 is 10.1 Å². The monoisotopic (exact) mass is 304 g/mol. The van der Waals surface area contributed by atoms with Crippen LogP contribution < -0.4 is 10.1 Å². The summed E-state index contributed by atoms with van der Waals surface area (Å²) in [7, 11) is 1.64. The summed E-state index contributed by atoms with van der Waals surface area (Å²) >= 11 is 7.85. The first-order chi connectivity index (χ1) is 9.76. The Bertz CT molecular complexity index is 709. The molecule has 0 atom stereocenters. The number of hydrogen-bond acceptors (Lipinski definition) is 4. The molecule has 102 valence electrons. The van der Waals surface area contributed by atoms with E-state index in [4.69, 9.17) is 16.3 Å². The van der Waals surface area contributed by atoms with Crippen LogP contribution in [-0.2, 0) is 6.54 Å². The number of nitrogens with zero attached hydrogens (tertiary/aromatic N) is 1. The molecule has 0 saturated carbocycles. The Kier molecular flexibility index (Phi) is 3.76. The van der Waals surface area contributed by atoms with E-state index in [-0.39, 0.29) is 0 Å². The van der Waals surface area contributed by atoms with Crippen molar-refractivity contribution in [3.63, 3.8) is 0 Å². The molecule has 0 unspecified atom stereocenters. The number of anilines is 1. The van der Waals surface area contributed by atoms with Gasteiger partial charge in [0.05, 0.1) is 34.6 Å². The van der Waals surface area contributed by atoms with Gasteiger partial charge in [-0.25, -0.2) is 4.98 Å². The zero-order valence-corrected chi connectivity index (χ0v) is 12.5. The number of benzene rings is 2. The van der Waals surface area contributed by atoms with Gasteiger partial charge in [0.25, 0.3) is 0 Å². The molecule has 20 heavy (non-hydrogen) atoms. The minimum Gasteiger partial charge on any atom is -0.497 e. The zero-order chi connectivity index (χ0) is 13.9. The molecule has 2 aromatic carbocycles. The van der Waals surface area contributed by atoms with Crippen molar-refractivity contribution < 1.29 is 4.74 Å². The Morgan fingerprint density at radius 3 is 2.90 bits per heavy atom. The molecule has 0 amide bonds. The van der Waals surface area contributed by atoms with Gasteiger partial charge in [0.15, 0.2) is 0 Å². The standard InChI is InChI=1S/C15H13ClN2OS/c1-19-10-6-7-11(16)13(8-10)17-9-15-18-12-4-2-3-5-14(12)20-15/h2-8,17H,9H2,1H3. The average Bonchev–Trinajstić information content (AvgIpc) is 2.89. The van der Waals surface area contributed by atoms with E-state index in [1.165, 1.54) is 4.70 Å². The fourth-order valence-electron chi connectivity index (χ4n) is 1.93. The summed E-state index contributed by atoms with van der Waals surface area (Å²) in [5.41, 5.74) is 1.89. The summed E-state index contributed by atoms with van der Waals surface area (Å²) < 4.78 is 6.39. The fraction of sp³-hybridized carbons (Fsp3) is 0.133. The van der Waals surface area contributed by atoms with Crippen molar-refractivity contribution >= 4 is 38.8 Å². The quantitative estimate of drug-likeness (QED) is 0.766. The van der Waals surface area contributed by atoms with Crippen molar-refractivity contribution in [1.29, 1.82) is 0 Å². The lowest BCUT2D eigenvalue weighted by Gasteiger charge is -2.08. The van der Waals surface area contributed by atoms with Gasteiger partial charge in [0.1, 0.15) is 10.8 Å². The summed E-state index contributed by atoms with van der Waals surface area (Å²) in [5.74, 6) is 0.779. The summed E-state index contributed by atoms with van der Waals surface area (Å²) in [6, 6.07) is 13.7. The van der Waals surface area contributed by atoms with Gasteiger partial charge in [-0.15, -0.1) is 11.3 Å². The van der Waals surface area contributed by atoms with E-state index in [0.29, 0.717) is 11.6 Å². The minimum atomic E-state index is 0.645. The van der Waals surface area contributed by atoms with Crippen LogP contribution in [0.2, 0.25) is 5.02 Å². The Morgan fingerprint density at radius 1 is 1.25 bits per heavy atom. The molecule has 0 aliphatic carbocycles. The molecule has 1 N–H and O–H groups in total. The van der Waals surface area contributed by atoms with Crippen LogP contribution in [0.4, 0.5) is 5.69 Å². The molecule has 1 aromatic heterocycles. The number of nitrogens with one attached hydrogen (secondary N) is 1. The summed E-state index contributed by atoms with van der Waals surface area (Å²) in [6.07, 6.45) is 0. The molecule has 0 spiro atoms. The lowest BCUT2D eigenvalue weighted by Crippen LogP contribution is -1.99. The lowest BCUT2D eigenvalue weighted by atomic mass is 10.3. The number of para-hydroxylation sites is 1. The number of aromatic nitrogens is 1. The van der Waals surface area contributed by atoms with E-state index in [2.05, 4.69) is 16.4 Å². The molecule has 3 nitrogen and oxygen atoms in total. The van der Waals surface area contributed by atoms with Crippen LogP contribution in [0.25, 0.3) is 10.2 Å². The third kappa shape index (κ3) is 2.71. The van der Waals surface area contributed by atoms with Crippen LogP contribution >= 0.6 is 22.9 Å².